The summed E-state index contributed by atoms with van der Waals surface area (Å²) < 4.78 is 24.9. The highest BCUT2D eigenvalue weighted by Gasteiger charge is 2.40. The Kier molecular flexibility index (Phi) is 9.02. The number of rotatable bonds is 8. The first-order valence-corrected chi connectivity index (χ1v) is 14.0. The maximum absolute atomic E-state index is 13.7. The quantitative estimate of drug-likeness (QED) is 0.265. The van der Waals surface area contributed by atoms with Crippen molar-refractivity contribution in [2.45, 2.75) is 65.1 Å². The van der Waals surface area contributed by atoms with Gasteiger partial charge in [0.15, 0.2) is 5.60 Å². The Morgan fingerprint density at radius 2 is 1.68 bits per heavy atom. The summed E-state index contributed by atoms with van der Waals surface area (Å²) in [4.78, 5) is 43.1. The number of amides is 2. The highest BCUT2D eigenvalue weighted by Crippen LogP contribution is 2.45. The zero-order valence-corrected chi connectivity index (χ0v) is 24.6. The Morgan fingerprint density at radius 1 is 1.02 bits per heavy atom. The van der Waals surface area contributed by atoms with Crippen molar-refractivity contribution in [3.63, 3.8) is 0 Å². The van der Waals surface area contributed by atoms with E-state index in [0.29, 0.717) is 39.7 Å². The van der Waals surface area contributed by atoms with E-state index < -0.39 is 23.4 Å². The highest BCUT2D eigenvalue weighted by atomic mass is 35.5. The van der Waals surface area contributed by atoms with Crippen LogP contribution in [0.5, 0.6) is 5.75 Å². The third-order valence-corrected chi connectivity index (χ3v) is 7.31. The molecule has 216 valence electrons. The third-order valence-electron chi connectivity index (χ3n) is 7.06. The van der Waals surface area contributed by atoms with Gasteiger partial charge in [-0.1, -0.05) is 18.5 Å². The van der Waals surface area contributed by atoms with Crippen LogP contribution in [0.15, 0.2) is 66.7 Å². The molecule has 41 heavy (non-hydrogen) atoms. The van der Waals surface area contributed by atoms with E-state index in [1.54, 1.807) is 80.0 Å². The van der Waals surface area contributed by atoms with Crippen LogP contribution in [0.2, 0.25) is 5.02 Å². The summed E-state index contributed by atoms with van der Waals surface area (Å²) in [6.07, 6.45) is 0.673. The number of anilines is 2. The zero-order chi connectivity index (χ0) is 29.9. The molecule has 0 unspecified atom stereocenters. The molecule has 4 rings (SSSR count). The lowest BCUT2D eigenvalue weighted by molar-refractivity contribution is -0.158. The van der Waals surface area contributed by atoms with Gasteiger partial charge in [-0.3, -0.25) is 9.59 Å². The molecular weight excluding hydrogens is 547 g/mol. The van der Waals surface area contributed by atoms with Gasteiger partial charge in [0, 0.05) is 40.0 Å². The Morgan fingerprint density at radius 3 is 2.29 bits per heavy atom. The molecule has 7 nitrogen and oxygen atoms in total. The van der Waals surface area contributed by atoms with Gasteiger partial charge >= 0.3 is 5.97 Å². The largest absolute Gasteiger partial charge is 0.476 e. The Hall–Kier alpha value is -3.91. The molecule has 0 fully saturated rings. The molecular formula is C32H34ClFN2O5. The van der Waals surface area contributed by atoms with Gasteiger partial charge in [-0.2, -0.15) is 0 Å². The second-order valence-electron chi connectivity index (χ2n) is 10.4. The summed E-state index contributed by atoms with van der Waals surface area (Å²) in [6, 6.07) is 16.9. The van der Waals surface area contributed by atoms with E-state index in [1.807, 2.05) is 6.92 Å². The molecule has 0 aromatic heterocycles. The van der Waals surface area contributed by atoms with Crippen molar-refractivity contribution < 1.29 is 28.2 Å². The molecule has 3 aromatic carbocycles. The Bertz CT molecular complexity index is 1430. The molecule has 0 bridgehead atoms. The molecule has 2 atom stereocenters. The van der Waals surface area contributed by atoms with Gasteiger partial charge in [0.05, 0.1) is 12.6 Å². The minimum atomic E-state index is -1.28. The van der Waals surface area contributed by atoms with Gasteiger partial charge in [-0.25, -0.2) is 9.18 Å². The molecule has 0 spiro atoms. The molecule has 0 saturated carbocycles. The van der Waals surface area contributed by atoms with E-state index in [2.05, 4.69) is 0 Å². The van der Waals surface area contributed by atoms with Crippen molar-refractivity contribution in [1.82, 2.24) is 0 Å². The molecule has 1 aliphatic heterocycles. The van der Waals surface area contributed by atoms with Crippen molar-refractivity contribution in [3.05, 3.63) is 88.7 Å². The van der Waals surface area contributed by atoms with Gasteiger partial charge < -0.3 is 19.3 Å². The number of nitrogens with zero attached hydrogens (tertiary/aromatic N) is 2. The first-order chi connectivity index (χ1) is 19.5. The summed E-state index contributed by atoms with van der Waals surface area (Å²) in [5.74, 6) is -0.962. The third kappa shape index (κ3) is 6.38. The van der Waals surface area contributed by atoms with E-state index in [9.17, 15) is 18.8 Å². The topological polar surface area (TPSA) is 76.2 Å². The summed E-state index contributed by atoms with van der Waals surface area (Å²) in [5, 5.41) is 0.544. The standard InChI is InChI=1S/C32H34ClFN2O5/c1-6-29(37)36(24-14-10-22(33)11-15-24)28-18-20(3)35(30(38)21-8-12-23(34)13-9-21)27-17-16-25(19-26(27)28)41-32(4,5)31(39)40-7-2/h8-17,19-20,28H,6-7,18H2,1-5H3/t20-,28+/m0/s1. The second-order valence-corrected chi connectivity index (χ2v) is 10.9. The van der Waals surface area contributed by atoms with Gasteiger partial charge in [-0.15, -0.1) is 0 Å². The smallest absolute Gasteiger partial charge is 0.349 e. The van der Waals surface area contributed by atoms with Crippen LogP contribution in [0.1, 0.15) is 69.4 Å². The summed E-state index contributed by atoms with van der Waals surface area (Å²) >= 11 is 6.15. The molecule has 1 heterocycles. The monoisotopic (exact) mass is 580 g/mol. The lowest BCUT2D eigenvalue weighted by Gasteiger charge is -2.44. The fraction of sp³-hybridized carbons (Fsp3) is 0.344. The number of esters is 1. The van der Waals surface area contributed by atoms with Crippen molar-refractivity contribution >= 4 is 40.8 Å². The zero-order valence-electron chi connectivity index (χ0n) is 23.8. The lowest BCUT2D eigenvalue weighted by Crippen LogP contribution is -2.48. The first-order valence-electron chi connectivity index (χ1n) is 13.6. The second kappa shape index (κ2) is 12.3. The van der Waals surface area contributed by atoms with Crippen LogP contribution in [-0.4, -0.2) is 36.0 Å². The minimum Gasteiger partial charge on any atom is -0.476 e. The van der Waals surface area contributed by atoms with Crippen LogP contribution in [0.25, 0.3) is 0 Å². The number of hydrogen-bond donors (Lipinski definition) is 0. The maximum Gasteiger partial charge on any atom is 0.349 e. The average molecular weight is 581 g/mol. The average Bonchev–Trinajstić information content (AvgIpc) is 2.94. The van der Waals surface area contributed by atoms with Crippen LogP contribution in [0, 0.1) is 5.82 Å². The normalized spacial score (nSPS) is 16.5. The van der Waals surface area contributed by atoms with Crippen LogP contribution >= 0.6 is 11.6 Å². The molecule has 9 heteroatoms. The van der Waals surface area contributed by atoms with Crippen LogP contribution < -0.4 is 14.5 Å². The van der Waals surface area contributed by atoms with Gasteiger partial charge in [0.25, 0.3) is 5.91 Å². The number of ether oxygens (including phenoxy) is 2. The van der Waals surface area contributed by atoms with Gasteiger partial charge in [-0.05, 0) is 101 Å². The summed E-state index contributed by atoms with van der Waals surface area (Å²) in [6.45, 7) is 8.89. The molecule has 0 radical (unpaired) electrons. The van der Waals surface area contributed by atoms with Crippen molar-refractivity contribution in [3.8, 4) is 5.75 Å². The fourth-order valence-corrected chi connectivity index (χ4v) is 5.20. The Balaban J connectivity index is 1.85. The van der Waals surface area contributed by atoms with Crippen LogP contribution in [0.4, 0.5) is 15.8 Å². The van der Waals surface area contributed by atoms with Gasteiger partial charge in [0.1, 0.15) is 11.6 Å². The van der Waals surface area contributed by atoms with Gasteiger partial charge in [0.2, 0.25) is 5.91 Å². The molecule has 0 saturated heterocycles. The van der Waals surface area contributed by atoms with Crippen LogP contribution in [-0.2, 0) is 14.3 Å². The number of carbonyl (C=O) groups excluding carboxylic acids is 3. The number of hydrogen-bond acceptors (Lipinski definition) is 5. The predicted molar refractivity (Wildman–Crippen MR) is 157 cm³/mol. The SMILES string of the molecule is CCOC(=O)C(C)(C)Oc1ccc2c(c1)[C@H](N(C(=O)CC)c1ccc(Cl)cc1)C[C@H](C)N2C(=O)c1ccc(F)cc1. The van der Waals surface area contributed by atoms with E-state index in [1.165, 1.54) is 24.3 Å². The summed E-state index contributed by atoms with van der Waals surface area (Å²) in [7, 11) is 0. The van der Waals surface area contributed by atoms with Crippen LogP contribution in [0.3, 0.4) is 0 Å². The molecule has 0 N–H and O–H groups in total. The minimum absolute atomic E-state index is 0.105. The predicted octanol–water partition coefficient (Wildman–Crippen LogP) is 7.12. The lowest BCUT2D eigenvalue weighted by atomic mass is 9.89. The van der Waals surface area contributed by atoms with E-state index >= 15 is 0 Å². The van der Waals surface area contributed by atoms with Crippen molar-refractivity contribution in [2.24, 2.45) is 0 Å². The first kappa shape index (κ1) is 30.1. The van der Waals surface area contributed by atoms with Crippen molar-refractivity contribution in [2.75, 3.05) is 16.4 Å². The highest BCUT2D eigenvalue weighted by molar-refractivity contribution is 6.30. The fourth-order valence-electron chi connectivity index (χ4n) is 5.07. The number of fused-ring (bicyclic) bond motifs is 1. The maximum atomic E-state index is 13.7. The van der Waals surface area contributed by atoms with E-state index in [4.69, 9.17) is 21.1 Å². The molecule has 0 aliphatic carbocycles. The summed E-state index contributed by atoms with van der Waals surface area (Å²) in [5.41, 5.74) is 0.992. The number of benzene rings is 3. The van der Waals surface area contributed by atoms with E-state index in [0.717, 1.165) is 0 Å². The van der Waals surface area contributed by atoms with Crippen molar-refractivity contribution in [1.29, 1.82) is 0 Å². The number of carbonyl (C=O) groups is 3. The number of halogens is 2. The Labute approximate surface area is 244 Å². The molecule has 2 amide bonds. The van der Waals surface area contributed by atoms with E-state index in [-0.39, 0.29) is 30.9 Å². The molecule has 1 aliphatic rings. The molecule has 3 aromatic rings.